The summed E-state index contributed by atoms with van der Waals surface area (Å²) < 4.78 is 5.63. The molecule has 2 nitrogen and oxygen atoms in total. The molecule has 2 N–H and O–H groups in total. The Labute approximate surface area is 76.5 Å². The molecule has 2 heteroatoms. The molecule has 0 bridgehead atoms. The lowest BCUT2D eigenvalue weighted by Crippen LogP contribution is -2.32. The van der Waals surface area contributed by atoms with Crippen LogP contribution in [-0.4, -0.2) is 18.8 Å². The molecule has 12 heavy (non-hydrogen) atoms. The number of rotatable bonds is 4. The van der Waals surface area contributed by atoms with Crippen molar-refractivity contribution in [3.63, 3.8) is 0 Å². The van der Waals surface area contributed by atoms with Gasteiger partial charge in [0.05, 0.1) is 12.2 Å². The lowest BCUT2D eigenvalue weighted by Gasteiger charge is -2.32. The first kappa shape index (κ1) is 11.9. The van der Waals surface area contributed by atoms with E-state index in [1.807, 2.05) is 0 Å². The average molecular weight is 173 g/mol. The molecule has 0 radical (unpaired) electrons. The monoisotopic (exact) mass is 173 g/mol. The van der Waals surface area contributed by atoms with Gasteiger partial charge in [0.1, 0.15) is 0 Å². The van der Waals surface area contributed by atoms with Crippen molar-refractivity contribution >= 4 is 0 Å². The minimum atomic E-state index is -0.0440. The first-order valence-electron chi connectivity index (χ1n) is 4.61. The Morgan fingerprint density at radius 3 is 1.92 bits per heavy atom. The molecule has 0 fully saturated rings. The van der Waals surface area contributed by atoms with Crippen LogP contribution in [0.3, 0.4) is 0 Å². The highest BCUT2D eigenvalue weighted by atomic mass is 16.5. The molecule has 0 aromatic heterocycles. The zero-order valence-corrected chi connectivity index (χ0v) is 9.11. The highest BCUT2D eigenvalue weighted by Gasteiger charge is 2.25. The van der Waals surface area contributed by atoms with Crippen LogP contribution in [0.25, 0.3) is 0 Å². The molecular formula is C10H23NO. The summed E-state index contributed by atoms with van der Waals surface area (Å²) in [5.74, 6) is 0. The molecule has 0 amide bonds. The van der Waals surface area contributed by atoms with Crippen molar-refractivity contribution < 1.29 is 4.74 Å². The average Bonchev–Trinajstić information content (AvgIpc) is 1.78. The molecule has 0 saturated carbocycles. The number of nitrogens with two attached hydrogens (primary N) is 1. The van der Waals surface area contributed by atoms with Gasteiger partial charge in [0, 0.05) is 6.54 Å². The van der Waals surface area contributed by atoms with E-state index in [2.05, 4.69) is 34.6 Å². The van der Waals surface area contributed by atoms with E-state index in [-0.39, 0.29) is 5.60 Å². The van der Waals surface area contributed by atoms with Crippen LogP contribution in [0.5, 0.6) is 0 Å². The van der Waals surface area contributed by atoms with Gasteiger partial charge in [-0.25, -0.2) is 0 Å². The maximum absolute atomic E-state index is 5.63. The van der Waals surface area contributed by atoms with E-state index in [4.69, 9.17) is 10.5 Å². The van der Waals surface area contributed by atoms with E-state index < -0.39 is 0 Å². The molecule has 0 aliphatic rings. The van der Waals surface area contributed by atoms with Crippen LogP contribution in [0.15, 0.2) is 0 Å². The summed E-state index contributed by atoms with van der Waals surface area (Å²) in [7, 11) is 0. The molecule has 0 atom stereocenters. The van der Waals surface area contributed by atoms with Gasteiger partial charge in [-0.3, -0.25) is 0 Å². The largest absolute Gasteiger partial charge is 0.374 e. The van der Waals surface area contributed by atoms with E-state index in [0.717, 1.165) is 6.42 Å². The van der Waals surface area contributed by atoms with E-state index in [1.54, 1.807) is 0 Å². The van der Waals surface area contributed by atoms with Crippen molar-refractivity contribution in [2.24, 2.45) is 11.1 Å². The van der Waals surface area contributed by atoms with Crippen LogP contribution in [0.2, 0.25) is 0 Å². The molecule has 0 aliphatic carbocycles. The molecule has 0 saturated heterocycles. The van der Waals surface area contributed by atoms with Gasteiger partial charge in [-0.05, 0) is 25.7 Å². The molecular weight excluding hydrogens is 150 g/mol. The van der Waals surface area contributed by atoms with Crippen LogP contribution in [0, 0.1) is 5.41 Å². The van der Waals surface area contributed by atoms with Crippen molar-refractivity contribution in [1.29, 1.82) is 0 Å². The van der Waals surface area contributed by atoms with Gasteiger partial charge < -0.3 is 10.5 Å². The van der Waals surface area contributed by atoms with Crippen molar-refractivity contribution in [1.82, 2.24) is 0 Å². The third kappa shape index (κ3) is 6.62. The third-order valence-electron chi connectivity index (χ3n) is 1.57. The van der Waals surface area contributed by atoms with Gasteiger partial charge >= 0.3 is 0 Å². The van der Waals surface area contributed by atoms with Crippen molar-refractivity contribution in [2.45, 2.75) is 46.6 Å². The summed E-state index contributed by atoms with van der Waals surface area (Å²) in [5.41, 5.74) is 5.65. The highest BCUT2D eigenvalue weighted by molar-refractivity contribution is 4.76. The first-order valence-corrected chi connectivity index (χ1v) is 4.61. The maximum atomic E-state index is 5.63. The summed E-state index contributed by atoms with van der Waals surface area (Å²) >= 11 is 0. The summed E-state index contributed by atoms with van der Waals surface area (Å²) in [4.78, 5) is 0. The zero-order chi connectivity index (χ0) is 9.83. The summed E-state index contributed by atoms with van der Waals surface area (Å²) in [6, 6.07) is 0. The van der Waals surface area contributed by atoms with Crippen molar-refractivity contribution in [2.75, 3.05) is 13.2 Å². The second-order valence-corrected chi connectivity index (χ2v) is 5.13. The maximum Gasteiger partial charge on any atom is 0.0632 e. The molecule has 0 aromatic carbocycles. The standard InChI is InChI=1S/C10H23NO/c1-9(2,3)8-10(4,5)12-7-6-11/h6-8,11H2,1-5H3. The molecule has 0 unspecified atom stereocenters. The zero-order valence-electron chi connectivity index (χ0n) is 9.11. The van der Waals surface area contributed by atoms with Gasteiger partial charge in [0.25, 0.3) is 0 Å². The second-order valence-electron chi connectivity index (χ2n) is 5.13. The van der Waals surface area contributed by atoms with Gasteiger partial charge in [0.15, 0.2) is 0 Å². The molecule has 0 heterocycles. The summed E-state index contributed by atoms with van der Waals surface area (Å²) in [6.07, 6.45) is 1.06. The second kappa shape index (κ2) is 4.24. The SMILES string of the molecule is CC(C)(C)CC(C)(C)OCCN. The van der Waals surface area contributed by atoms with E-state index in [1.165, 1.54) is 0 Å². The fraction of sp³-hybridized carbons (Fsp3) is 1.00. The Morgan fingerprint density at radius 1 is 1.08 bits per heavy atom. The Morgan fingerprint density at radius 2 is 1.58 bits per heavy atom. The van der Waals surface area contributed by atoms with Gasteiger partial charge in [0.2, 0.25) is 0 Å². The van der Waals surface area contributed by atoms with Crippen LogP contribution >= 0.6 is 0 Å². The normalized spacial score (nSPS) is 13.5. The Hall–Kier alpha value is -0.0800. The lowest BCUT2D eigenvalue weighted by molar-refractivity contribution is -0.0393. The molecule has 74 valence electrons. The van der Waals surface area contributed by atoms with Crippen LogP contribution in [-0.2, 0) is 4.74 Å². The Balaban J connectivity index is 3.86. The topological polar surface area (TPSA) is 35.2 Å². The number of ether oxygens (including phenoxy) is 1. The minimum absolute atomic E-state index is 0.0440. The van der Waals surface area contributed by atoms with E-state index in [0.29, 0.717) is 18.6 Å². The van der Waals surface area contributed by atoms with Gasteiger partial charge in [-0.15, -0.1) is 0 Å². The number of hydrogen-bond acceptors (Lipinski definition) is 2. The number of hydrogen-bond donors (Lipinski definition) is 1. The predicted octanol–water partition coefficient (Wildman–Crippen LogP) is 2.18. The quantitative estimate of drug-likeness (QED) is 0.707. The fourth-order valence-corrected chi connectivity index (χ4v) is 1.66. The van der Waals surface area contributed by atoms with Crippen molar-refractivity contribution in [3.8, 4) is 0 Å². The Bertz CT molecular complexity index is 124. The van der Waals surface area contributed by atoms with Crippen molar-refractivity contribution in [3.05, 3.63) is 0 Å². The van der Waals surface area contributed by atoms with E-state index in [9.17, 15) is 0 Å². The van der Waals surface area contributed by atoms with Gasteiger partial charge in [-0.1, -0.05) is 20.8 Å². The molecule has 0 aliphatic heterocycles. The molecule has 0 aromatic rings. The van der Waals surface area contributed by atoms with E-state index >= 15 is 0 Å². The smallest absolute Gasteiger partial charge is 0.0632 e. The first-order chi connectivity index (χ1) is 5.27. The molecule has 0 rings (SSSR count). The molecule has 0 spiro atoms. The predicted molar refractivity (Wildman–Crippen MR) is 53.2 cm³/mol. The summed E-state index contributed by atoms with van der Waals surface area (Å²) in [6.45, 7) is 12.2. The van der Waals surface area contributed by atoms with Crippen LogP contribution in [0.1, 0.15) is 41.0 Å². The Kier molecular flexibility index (Phi) is 4.21. The highest BCUT2D eigenvalue weighted by Crippen LogP contribution is 2.29. The lowest BCUT2D eigenvalue weighted by atomic mass is 9.84. The summed E-state index contributed by atoms with van der Waals surface area (Å²) in [5, 5.41) is 0. The third-order valence-corrected chi connectivity index (χ3v) is 1.57. The van der Waals surface area contributed by atoms with Crippen LogP contribution in [0.4, 0.5) is 0 Å². The fourth-order valence-electron chi connectivity index (χ4n) is 1.66. The van der Waals surface area contributed by atoms with Crippen LogP contribution < -0.4 is 5.73 Å². The van der Waals surface area contributed by atoms with Gasteiger partial charge in [-0.2, -0.15) is 0 Å². The minimum Gasteiger partial charge on any atom is -0.374 e.